The van der Waals surface area contributed by atoms with Crippen molar-refractivity contribution >= 4 is 21.9 Å². The highest BCUT2D eigenvalue weighted by Gasteiger charge is 2.51. The van der Waals surface area contributed by atoms with E-state index in [1.807, 2.05) is 54.6 Å². The third kappa shape index (κ3) is 5.55. The fourth-order valence-corrected chi connectivity index (χ4v) is 10.6. The summed E-state index contributed by atoms with van der Waals surface area (Å²) in [6, 6.07) is 50.6. The summed E-state index contributed by atoms with van der Waals surface area (Å²) >= 11 is 0. The molecule has 264 valence electrons. The van der Waals surface area contributed by atoms with Crippen LogP contribution in [0.1, 0.15) is 49.7 Å². The Bertz CT molecular complexity index is 2760. The second kappa shape index (κ2) is 12.6. The molecule has 4 fully saturated rings. The van der Waals surface area contributed by atoms with Gasteiger partial charge in [0.1, 0.15) is 11.2 Å². The summed E-state index contributed by atoms with van der Waals surface area (Å²) in [6.45, 7) is 0. The molecule has 0 saturated heterocycles. The zero-order valence-electron chi connectivity index (χ0n) is 30.5. The molecule has 0 unspecified atom stereocenters. The third-order valence-electron chi connectivity index (χ3n) is 12.7. The molecule has 0 atom stereocenters. The second-order valence-electron chi connectivity index (χ2n) is 16.2. The van der Waals surface area contributed by atoms with E-state index in [1.165, 1.54) is 44.1 Å². The summed E-state index contributed by atoms with van der Waals surface area (Å²) in [5, 5.41) is 12.3. The van der Waals surface area contributed by atoms with Crippen LogP contribution in [0.2, 0.25) is 0 Å². The molecule has 8 aromatic rings. The van der Waals surface area contributed by atoms with Crippen molar-refractivity contribution in [1.29, 1.82) is 5.26 Å². The lowest BCUT2D eigenvalue weighted by atomic mass is 9.48. The van der Waals surface area contributed by atoms with Crippen molar-refractivity contribution in [2.45, 2.75) is 43.9 Å². The van der Waals surface area contributed by atoms with Crippen LogP contribution in [-0.2, 0) is 5.41 Å². The molecule has 2 heterocycles. The van der Waals surface area contributed by atoms with Gasteiger partial charge >= 0.3 is 0 Å². The Morgan fingerprint density at radius 2 is 1.05 bits per heavy atom. The summed E-state index contributed by atoms with van der Waals surface area (Å²) in [6.07, 6.45) is 8.04. The third-order valence-corrected chi connectivity index (χ3v) is 12.7. The normalized spacial score (nSPS) is 21.3. The summed E-state index contributed by atoms with van der Waals surface area (Å²) < 4.78 is 6.34. The Hall–Kier alpha value is -6.38. The molecule has 5 nitrogen and oxygen atoms in total. The zero-order chi connectivity index (χ0) is 36.5. The number of nitriles is 1. The van der Waals surface area contributed by atoms with E-state index < -0.39 is 0 Å². The number of benzene rings is 6. The first-order valence-corrected chi connectivity index (χ1v) is 19.6. The molecule has 55 heavy (non-hydrogen) atoms. The maximum absolute atomic E-state index is 10.1. The van der Waals surface area contributed by atoms with Crippen LogP contribution >= 0.6 is 0 Å². The minimum atomic E-state index is 0.227. The van der Waals surface area contributed by atoms with Crippen LogP contribution in [0, 0.1) is 29.1 Å². The van der Waals surface area contributed by atoms with Gasteiger partial charge in [-0.1, -0.05) is 121 Å². The number of rotatable bonds is 6. The molecule has 12 rings (SSSR count). The van der Waals surface area contributed by atoms with Crippen molar-refractivity contribution in [3.63, 3.8) is 0 Å². The van der Waals surface area contributed by atoms with Gasteiger partial charge < -0.3 is 4.42 Å². The number of furan rings is 1. The molecule has 0 spiro atoms. The number of nitrogens with zero attached hydrogens (tertiary/aromatic N) is 4. The lowest BCUT2D eigenvalue weighted by molar-refractivity contribution is -0.00517. The molecule has 6 aromatic carbocycles. The van der Waals surface area contributed by atoms with Gasteiger partial charge in [0.15, 0.2) is 17.5 Å². The van der Waals surface area contributed by atoms with Crippen LogP contribution in [0.4, 0.5) is 0 Å². The van der Waals surface area contributed by atoms with E-state index in [0.29, 0.717) is 17.5 Å². The Morgan fingerprint density at radius 3 is 1.69 bits per heavy atom. The van der Waals surface area contributed by atoms with E-state index in [4.69, 9.17) is 19.4 Å². The maximum Gasteiger partial charge on any atom is 0.164 e. The highest BCUT2D eigenvalue weighted by Crippen LogP contribution is 2.61. The standard InChI is InChI=1S/C50H38N4O/c51-30-34-24-40(26-41(25-34)50-27-31-21-32(28-50)23-33(22-31)29-50)35-13-17-38(18-14-35)48-52-47(37-7-2-1-3-8-37)53-49(54-48)39-19-15-36(16-20-39)42-10-6-11-44-43-9-4-5-12-45(43)55-46(42)44/h1-20,24-26,31-33H,21-23,27-29H2/t31-,32-,33-,50?. The SMILES string of the molecule is N#Cc1cc(-c2ccc(-c3nc(-c4ccccc4)nc(-c4ccc(-c5cccc6c5oc5ccccc56)cc4)n3)cc2)cc(C23C[C@H]4C[C@H](C2)C[C@@H](C3)C4)c1. The highest BCUT2D eigenvalue weighted by atomic mass is 16.3. The van der Waals surface area contributed by atoms with Crippen molar-refractivity contribution in [2.75, 3.05) is 0 Å². The number of para-hydroxylation sites is 2. The van der Waals surface area contributed by atoms with Crippen molar-refractivity contribution in [1.82, 2.24) is 15.0 Å². The average Bonchev–Trinajstić information content (AvgIpc) is 3.62. The highest BCUT2D eigenvalue weighted by molar-refractivity contribution is 6.09. The second-order valence-corrected chi connectivity index (χ2v) is 16.2. The predicted molar refractivity (Wildman–Crippen MR) is 219 cm³/mol. The van der Waals surface area contributed by atoms with Crippen LogP contribution in [0.5, 0.6) is 0 Å². The van der Waals surface area contributed by atoms with E-state index in [0.717, 1.165) is 84.2 Å². The Labute approximate surface area is 320 Å². The van der Waals surface area contributed by atoms with E-state index in [1.54, 1.807) is 0 Å². The lowest BCUT2D eigenvalue weighted by Gasteiger charge is -2.57. The van der Waals surface area contributed by atoms with Gasteiger partial charge in [0.05, 0.1) is 11.6 Å². The van der Waals surface area contributed by atoms with Gasteiger partial charge in [-0.15, -0.1) is 0 Å². The maximum atomic E-state index is 10.1. The molecule has 0 aliphatic heterocycles. The summed E-state index contributed by atoms with van der Waals surface area (Å²) in [7, 11) is 0. The number of aromatic nitrogens is 3. The molecular weight excluding hydrogens is 673 g/mol. The largest absolute Gasteiger partial charge is 0.455 e. The van der Waals surface area contributed by atoms with E-state index in [-0.39, 0.29) is 5.41 Å². The number of hydrogen-bond acceptors (Lipinski definition) is 5. The first-order chi connectivity index (χ1) is 27.1. The molecule has 4 saturated carbocycles. The van der Waals surface area contributed by atoms with Crippen molar-refractivity contribution in [3.05, 3.63) is 151 Å². The quantitative estimate of drug-likeness (QED) is 0.172. The van der Waals surface area contributed by atoms with Gasteiger partial charge in [0.25, 0.3) is 0 Å². The molecule has 4 bridgehead atoms. The van der Waals surface area contributed by atoms with Crippen LogP contribution in [0.15, 0.2) is 144 Å². The molecule has 0 N–H and O–H groups in total. The Balaban J connectivity index is 0.946. The topological polar surface area (TPSA) is 75.6 Å². The van der Waals surface area contributed by atoms with Gasteiger partial charge in [0, 0.05) is 33.0 Å². The van der Waals surface area contributed by atoms with Gasteiger partial charge in [-0.05, 0) is 102 Å². The minimum Gasteiger partial charge on any atom is -0.455 e. The molecule has 2 aromatic heterocycles. The molecular formula is C50H38N4O. The van der Waals surface area contributed by atoms with E-state index >= 15 is 0 Å². The zero-order valence-corrected chi connectivity index (χ0v) is 30.5. The number of fused-ring (bicyclic) bond motifs is 3. The van der Waals surface area contributed by atoms with Crippen molar-refractivity contribution in [2.24, 2.45) is 17.8 Å². The van der Waals surface area contributed by atoms with Gasteiger partial charge in [-0.3, -0.25) is 0 Å². The number of hydrogen-bond donors (Lipinski definition) is 0. The molecule has 5 heteroatoms. The van der Waals surface area contributed by atoms with Crippen molar-refractivity contribution in [3.8, 4) is 62.5 Å². The molecule has 0 amide bonds. The monoisotopic (exact) mass is 710 g/mol. The smallest absolute Gasteiger partial charge is 0.164 e. The van der Waals surface area contributed by atoms with Crippen molar-refractivity contribution < 1.29 is 4.42 Å². The van der Waals surface area contributed by atoms with Crippen LogP contribution in [0.3, 0.4) is 0 Å². The summed E-state index contributed by atoms with van der Waals surface area (Å²) in [5.74, 6) is 4.40. The van der Waals surface area contributed by atoms with Crippen LogP contribution in [0.25, 0.3) is 78.4 Å². The van der Waals surface area contributed by atoms with Gasteiger partial charge in [0.2, 0.25) is 0 Å². The fourth-order valence-electron chi connectivity index (χ4n) is 10.6. The molecule has 4 aliphatic rings. The van der Waals surface area contributed by atoms with Crippen LogP contribution in [-0.4, -0.2) is 15.0 Å². The van der Waals surface area contributed by atoms with Crippen LogP contribution < -0.4 is 0 Å². The summed E-state index contributed by atoms with van der Waals surface area (Å²) in [4.78, 5) is 15.0. The lowest BCUT2D eigenvalue weighted by Crippen LogP contribution is -2.48. The Kier molecular flexibility index (Phi) is 7.35. The predicted octanol–water partition coefficient (Wildman–Crippen LogP) is 12.4. The van der Waals surface area contributed by atoms with E-state index in [9.17, 15) is 5.26 Å². The van der Waals surface area contributed by atoms with E-state index in [2.05, 4.69) is 91.0 Å². The molecule has 4 aliphatic carbocycles. The fraction of sp³-hybridized carbons (Fsp3) is 0.200. The van der Waals surface area contributed by atoms with Gasteiger partial charge in [-0.25, -0.2) is 15.0 Å². The Morgan fingerprint density at radius 1 is 0.509 bits per heavy atom. The van der Waals surface area contributed by atoms with Gasteiger partial charge in [-0.2, -0.15) is 5.26 Å². The molecule has 0 radical (unpaired) electrons. The average molecular weight is 711 g/mol. The summed E-state index contributed by atoms with van der Waals surface area (Å²) in [5.41, 5.74) is 11.2. The minimum absolute atomic E-state index is 0.227. The first kappa shape index (κ1) is 32.1. The first-order valence-electron chi connectivity index (χ1n) is 19.6.